The Morgan fingerprint density at radius 1 is 1.24 bits per heavy atom. The molecule has 3 aromatic heterocycles. The van der Waals surface area contributed by atoms with E-state index >= 15 is 0 Å². The van der Waals surface area contributed by atoms with Crippen LogP contribution in [0.1, 0.15) is 65.9 Å². The van der Waals surface area contributed by atoms with E-state index in [0.717, 1.165) is 68.3 Å². The highest BCUT2D eigenvalue weighted by molar-refractivity contribution is 7.16. The van der Waals surface area contributed by atoms with Crippen LogP contribution in [0.5, 0.6) is 5.88 Å². The summed E-state index contributed by atoms with van der Waals surface area (Å²) in [5.41, 5.74) is 9.07. The van der Waals surface area contributed by atoms with E-state index in [9.17, 15) is 10.4 Å². The highest BCUT2D eigenvalue weighted by atomic mass is 32.1. The zero-order valence-corrected chi connectivity index (χ0v) is 19.1. The highest BCUT2D eigenvalue weighted by Crippen LogP contribution is 2.55. The number of aliphatic hydroxyl groups is 1. The summed E-state index contributed by atoms with van der Waals surface area (Å²) in [4.78, 5) is 10.2. The van der Waals surface area contributed by atoms with Gasteiger partial charge in [-0.3, -0.25) is 0 Å². The van der Waals surface area contributed by atoms with Crippen molar-refractivity contribution >= 4 is 16.3 Å². The number of anilines is 1. The van der Waals surface area contributed by atoms with E-state index < -0.39 is 0 Å². The third-order valence-electron chi connectivity index (χ3n) is 7.52. The summed E-state index contributed by atoms with van der Waals surface area (Å²) in [6.07, 6.45) is 9.22. The van der Waals surface area contributed by atoms with Gasteiger partial charge in [0.15, 0.2) is 17.3 Å². The Bertz CT molecular complexity index is 1270. The molecule has 3 heterocycles. The number of aryl methyl sites for hydroxylation is 1. The van der Waals surface area contributed by atoms with E-state index in [1.54, 1.807) is 12.3 Å². The van der Waals surface area contributed by atoms with Gasteiger partial charge in [-0.05, 0) is 56.9 Å². The van der Waals surface area contributed by atoms with Crippen molar-refractivity contribution in [2.75, 3.05) is 18.9 Å². The number of nitrogens with two attached hydrogens (primary N) is 1. The van der Waals surface area contributed by atoms with Crippen LogP contribution < -0.4 is 10.5 Å². The van der Waals surface area contributed by atoms with Gasteiger partial charge in [-0.15, -0.1) is 11.3 Å². The van der Waals surface area contributed by atoms with Crippen molar-refractivity contribution in [3.05, 3.63) is 39.6 Å². The molecule has 0 unspecified atom stereocenters. The molecule has 3 aliphatic rings. The molecule has 3 aliphatic carbocycles. The van der Waals surface area contributed by atoms with Crippen LogP contribution in [0.4, 0.5) is 5.00 Å². The fourth-order valence-electron chi connectivity index (χ4n) is 5.51. The summed E-state index contributed by atoms with van der Waals surface area (Å²) >= 11 is 1.54. The molecule has 0 amide bonds. The maximum Gasteiger partial charge on any atom is 0.216 e. The first-order valence-electron chi connectivity index (χ1n) is 11.5. The van der Waals surface area contributed by atoms with Crippen molar-refractivity contribution in [1.29, 1.82) is 5.26 Å². The standard InChI is InChI=1S/C24H25N5O3S/c25-11-15-18-16(33-21(15)26)4-2-7-24(18)6-1-3-14-19(29-32-20(14)24)22-27-10-5-17(28-22)31-13-23(12-30)8-9-23/h5,10,30H,1-4,6-9,12-13,26H2/t24-/m0/s1. The first kappa shape index (κ1) is 20.6. The first-order valence-corrected chi connectivity index (χ1v) is 12.3. The summed E-state index contributed by atoms with van der Waals surface area (Å²) in [7, 11) is 0. The molecule has 0 aromatic carbocycles. The second kappa shape index (κ2) is 7.54. The summed E-state index contributed by atoms with van der Waals surface area (Å²) < 4.78 is 11.9. The molecular formula is C24H25N5O3S. The Morgan fingerprint density at radius 2 is 2.06 bits per heavy atom. The van der Waals surface area contributed by atoms with Gasteiger partial charge in [-0.25, -0.2) is 4.98 Å². The molecule has 3 N–H and O–H groups in total. The van der Waals surface area contributed by atoms with E-state index in [2.05, 4.69) is 21.2 Å². The number of nitrogen functional groups attached to an aromatic ring is 1. The molecule has 1 spiro atoms. The predicted molar refractivity (Wildman–Crippen MR) is 122 cm³/mol. The van der Waals surface area contributed by atoms with E-state index in [1.165, 1.54) is 16.2 Å². The Balaban J connectivity index is 1.39. The van der Waals surface area contributed by atoms with Crippen molar-refractivity contribution in [3.8, 4) is 23.5 Å². The smallest absolute Gasteiger partial charge is 0.216 e. The molecule has 0 bridgehead atoms. The van der Waals surface area contributed by atoms with Crippen LogP contribution in [0.2, 0.25) is 0 Å². The molecule has 1 atom stereocenters. The molecule has 3 aromatic rings. The molecular weight excluding hydrogens is 438 g/mol. The van der Waals surface area contributed by atoms with Crippen LogP contribution in [0, 0.1) is 16.7 Å². The molecule has 8 nitrogen and oxygen atoms in total. The molecule has 6 rings (SSSR count). The fourth-order valence-corrected chi connectivity index (χ4v) is 6.67. The van der Waals surface area contributed by atoms with Gasteiger partial charge in [-0.2, -0.15) is 10.2 Å². The maximum absolute atomic E-state index is 9.85. The molecule has 0 radical (unpaired) electrons. The number of fused-ring (bicyclic) bond motifs is 4. The van der Waals surface area contributed by atoms with Gasteiger partial charge in [0, 0.05) is 28.1 Å². The molecule has 1 saturated carbocycles. The van der Waals surface area contributed by atoms with Crippen LogP contribution in [0.15, 0.2) is 16.8 Å². The molecule has 170 valence electrons. The van der Waals surface area contributed by atoms with E-state index in [-0.39, 0.29) is 17.4 Å². The van der Waals surface area contributed by atoms with Crippen LogP contribution in [-0.2, 0) is 18.3 Å². The zero-order chi connectivity index (χ0) is 22.6. The third kappa shape index (κ3) is 3.15. The van der Waals surface area contributed by atoms with Gasteiger partial charge in [0.25, 0.3) is 0 Å². The fraction of sp³-hybridized carbons (Fsp3) is 0.500. The van der Waals surface area contributed by atoms with Crippen molar-refractivity contribution in [2.45, 2.75) is 56.8 Å². The topological polar surface area (TPSA) is 131 Å². The van der Waals surface area contributed by atoms with Crippen molar-refractivity contribution in [2.24, 2.45) is 5.41 Å². The van der Waals surface area contributed by atoms with E-state index in [1.807, 2.05) is 0 Å². The van der Waals surface area contributed by atoms with Crippen molar-refractivity contribution in [1.82, 2.24) is 15.1 Å². The minimum Gasteiger partial charge on any atom is -0.477 e. The highest BCUT2D eigenvalue weighted by Gasteiger charge is 2.49. The molecule has 33 heavy (non-hydrogen) atoms. The van der Waals surface area contributed by atoms with E-state index in [4.69, 9.17) is 15.0 Å². The second-order valence-corrected chi connectivity index (χ2v) is 10.7. The molecule has 1 fully saturated rings. The molecule has 9 heteroatoms. The number of aliphatic hydroxyl groups excluding tert-OH is 1. The summed E-state index contributed by atoms with van der Waals surface area (Å²) in [5.74, 6) is 1.79. The summed E-state index contributed by atoms with van der Waals surface area (Å²) in [6, 6.07) is 4.08. The van der Waals surface area contributed by atoms with Gasteiger partial charge in [0.05, 0.1) is 24.2 Å². The number of nitrogens with zero attached hydrogens (tertiary/aromatic N) is 4. The lowest BCUT2D eigenvalue weighted by atomic mass is 9.63. The monoisotopic (exact) mass is 463 g/mol. The lowest BCUT2D eigenvalue weighted by Gasteiger charge is -2.39. The number of hydrogen-bond donors (Lipinski definition) is 2. The molecule has 0 aliphatic heterocycles. The number of rotatable bonds is 5. The van der Waals surface area contributed by atoms with Crippen LogP contribution >= 0.6 is 11.3 Å². The number of ether oxygens (including phenoxy) is 1. The van der Waals surface area contributed by atoms with Crippen molar-refractivity contribution < 1.29 is 14.4 Å². The summed E-state index contributed by atoms with van der Waals surface area (Å²) in [6.45, 7) is 0.572. The Labute approximate surface area is 195 Å². The third-order valence-corrected chi connectivity index (χ3v) is 8.60. The van der Waals surface area contributed by atoms with Crippen LogP contribution in [0.25, 0.3) is 11.5 Å². The molecule has 0 saturated heterocycles. The normalized spacial score (nSPS) is 22.4. The van der Waals surface area contributed by atoms with Crippen LogP contribution in [-0.4, -0.2) is 33.4 Å². The quantitative estimate of drug-likeness (QED) is 0.585. The average Bonchev–Trinajstić information content (AvgIpc) is 3.35. The summed E-state index contributed by atoms with van der Waals surface area (Å²) in [5, 5.41) is 24.4. The van der Waals surface area contributed by atoms with Crippen LogP contribution in [0.3, 0.4) is 0 Å². The second-order valence-electron chi connectivity index (χ2n) is 9.54. The largest absolute Gasteiger partial charge is 0.477 e. The van der Waals surface area contributed by atoms with Gasteiger partial charge in [0.2, 0.25) is 5.88 Å². The van der Waals surface area contributed by atoms with Gasteiger partial charge in [-0.1, -0.05) is 5.16 Å². The van der Waals surface area contributed by atoms with E-state index in [0.29, 0.717) is 34.6 Å². The Morgan fingerprint density at radius 3 is 2.82 bits per heavy atom. The lowest BCUT2D eigenvalue weighted by molar-refractivity contribution is 0.143. The predicted octanol–water partition coefficient (Wildman–Crippen LogP) is 3.76. The zero-order valence-electron chi connectivity index (χ0n) is 18.3. The number of aromatic nitrogens is 3. The maximum atomic E-state index is 9.85. The Hall–Kier alpha value is -2.96. The first-order chi connectivity index (χ1) is 16.1. The van der Waals surface area contributed by atoms with Gasteiger partial charge in [0.1, 0.15) is 11.1 Å². The Kier molecular flexibility index (Phi) is 4.71. The van der Waals surface area contributed by atoms with Gasteiger partial charge < -0.3 is 20.1 Å². The number of nitriles is 1. The SMILES string of the molecule is N#Cc1c(N)sc2c1[C@@]1(CCC2)CCCc2c(-c3nccc(OCC4(CO)CC4)n3)noc21. The number of hydrogen-bond acceptors (Lipinski definition) is 9. The van der Waals surface area contributed by atoms with Gasteiger partial charge >= 0.3 is 0 Å². The number of thiophene rings is 1. The average molecular weight is 464 g/mol. The minimum absolute atomic E-state index is 0.121. The van der Waals surface area contributed by atoms with Crippen molar-refractivity contribution in [3.63, 3.8) is 0 Å². The minimum atomic E-state index is -0.362. The lowest BCUT2D eigenvalue weighted by Crippen LogP contribution is -2.35.